The average molecular weight is 357 g/mol. The molecule has 0 spiro atoms. The standard InChI is InChI=1S/C21H40O4/c1-2-3-4-5-6-7-8-9-10-11-12-13-14-15-16-19(21(24)25)17-20(23)18-22/h9-10,19-20,22-23H,2-8,11-18H2,1H3,(H,24,25)/b10-9-. The maximum absolute atomic E-state index is 11.1. The molecule has 0 radical (unpaired) electrons. The number of allylic oxidation sites excluding steroid dienone is 2. The molecule has 0 aromatic carbocycles. The molecule has 0 saturated carbocycles. The van der Waals surface area contributed by atoms with Crippen LogP contribution in [0.1, 0.15) is 96.8 Å². The van der Waals surface area contributed by atoms with Gasteiger partial charge < -0.3 is 15.3 Å². The zero-order valence-electron chi connectivity index (χ0n) is 16.2. The molecule has 0 aliphatic heterocycles. The van der Waals surface area contributed by atoms with Gasteiger partial charge in [-0.1, -0.05) is 70.4 Å². The largest absolute Gasteiger partial charge is 0.481 e. The smallest absolute Gasteiger partial charge is 0.306 e. The second-order valence-corrected chi connectivity index (χ2v) is 7.13. The van der Waals surface area contributed by atoms with Gasteiger partial charge in [-0.25, -0.2) is 0 Å². The fraction of sp³-hybridized carbons (Fsp3) is 0.857. The normalized spacial score (nSPS) is 14.0. The summed E-state index contributed by atoms with van der Waals surface area (Å²) < 4.78 is 0. The molecule has 2 unspecified atom stereocenters. The summed E-state index contributed by atoms with van der Waals surface area (Å²) in [6.45, 7) is 1.88. The molecule has 148 valence electrons. The SMILES string of the molecule is CCCCCCCC/C=C\CCCCCCC(CC(O)CO)C(=O)O. The number of aliphatic hydroxyl groups is 2. The fourth-order valence-electron chi connectivity index (χ4n) is 3.03. The Kier molecular flexibility index (Phi) is 17.3. The minimum Gasteiger partial charge on any atom is -0.481 e. The first kappa shape index (κ1) is 24.1. The van der Waals surface area contributed by atoms with Gasteiger partial charge in [-0.15, -0.1) is 0 Å². The van der Waals surface area contributed by atoms with Gasteiger partial charge in [0.15, 0.2) is 0 Å². The number of aliphatic carboxylic acids is 1. The van der Waals surface area contributed by atoms with Gasteiger partial charge in [-0.05, 0) is 38.5 Å². The van der Waals surface area contributed by atoms with Crippen molar-refractivity contribution in [3.8, 4) is 0 Å². The van der Waals surface area contributed by atoms with Gasteiger partial charge in [0.05, 0.1) is 18.6 Å². The van der Waals surface area contributed by atoms with Crippen LogP contribution in [0, 0.1) is 5.92 Å². The monoisotopic (exact) mass is 356 g/mol. The van der Waals surface area contributed by atoms with Crippen molar-refractivity contribution in [1.82, 2.24) is 0 Å². The van der Waals surface area contributed by atoms with E-state index in [4.69, 9.17) is 10.2 Å². The molecule has 4 heteroatoms. The van der Waals surface area contributed by atoms with Crippen LogP contribution in [0.4, 0.5) is 0 Å². The predicted octanol–water partition coefficient (Wildman–Crippen LogP) is 5.08. The van der Waals surface area contributed by atoms with Crippen LogP contribution >= 0.6 is 0 Å². The van der Waals surface area contributed by atoms with Crippen molar-refractivity contribution in [2.24, 2.45) is 5.92 Å². The Bertz CT molecular complexity index is 328. The van der Waals surface area contributed by atoms with E-state index in [1.165, 1.54) is 44.9 Å². The van der Waals surface area contributed by atoms with Crippen molar-refractivity contribution < 1.29 is 20.1 Å². The first-order valence-corrected chi connectivity index (χ1v) is 10.3. The molecule has 0 aliphatic carbocycles. The minimum atomic E-state index is -0.919. The maximum Gasteiger partial charge on any atom is 0.306 e. The lowest BCUT2D eigenvalue weighted by Crippen LogP contribution is -2.23. The van der Waals surface area contributed by atoms with Crippen LogP contribution < -0.4 is 0 Å². The lowest BCUT2D eigenvalue weighted by Gasteiger charge is -2.14. The van der Waals surface area contributed by atoms with Crippen LogP contribution in [0.5, 0.6) is 0 Å². The third kappa shape index (κ3) is 16.4. The van der Waals surface area contributed by atoms with Gasteiger partial charge in [-0.2, -0.15) is 0 Å². The lowest BCUT2D eigenvalue weighted by molar-refractivity contribution is -0.143. The fourth-order valence-corrected chi connectivity index (χ4v) is 3.03. The third-order valence-corrected chi connectivity index (χ3v) is 4.68. The van der Waals surface area contributed by atoms with Crippen LogP contribution in [0.25, 0.3) is 0 Å². The molecule has 4 nitrogen and oxygen atoms in total. The van der Waals surface area contributed by atoms with E-state index in [0.29, 0.717) is 6.42 Å². The second-order valence-electron chi connectivity index (χ2n) is 7.13. The van der Waals surface area contributed by atoms with Crippen LogP contribution in [0.3, 0.4) is 0 Å². The Hall–Kier alpha value is -0.870. The molecule has 2 atom stereocenters. The van der Waals surface area contributed by atoms with Crippen LogP contribution in [-0.2, 0) is 4.79 Å². The second kappa shape index (κ2) is 17.9. The molecule has 0 aliphatic rings. The van der Waals surface area contributed by atoms with Crippen LogP contribution in [0.15, 0.2) is 12.2 Å². The topological polar surface area (TPSA) is 77.8 Å². The Morgan fingerprint density at radius 1 is 0.880 bits per heavy atom. The quantitative estimate of drug-likeness (QED) is 0.236. The van der Waals surface area contributed by atoms with Crippen molar-refractivity contribution in [3.63, 3.8) is 0 Å². The number of carboxylic acids is 1. The van der Waals surface area contributed by atoms with Crippen molar-refractivity contribution in [3.05, 3.63) is 12.2 Å². The first-order chi connectivity index (χ1) is 12.1. The minimum absolute atomic E-state index is 0.146. The molecule has 0 aromatic heterocycles. The Labute approximate surface area is 154 Å². The van der Waals surface area contributed by atoms with E-state index >= 15 is 0 Å². The molecule has 0 fully saturated rings. The van der Waals surface area contributed by atoms with Gasteiger partial charge in [0.25, 0.3) is 0 Å². The van der Waals surface area contributed by atoms with E-state index in [9.17, 15) is 9.90 Å². The van der Waals surface area contributed by atoms with E-state index in [-0.39, 0.29) is 13.0 Å². The summed E-state index contributed by atoms with van der Waals surface area (Å²) in [7, 11) is 0. The Morgan fingerprint density at radius 2 is 1.40 bits per heavy atom. The number of hydrogen-bond acceptors (Lipinski definition) is 3. The van der Waals surface area contributed by atoms with E-state index in [1.54, 1.807) is 0 Å². The number of unbranched alkanes of at least 4 members (excludes halogenated alkanes) is 10. The highest BCUT2D eigenvalue weighted by Gasteiger charge is 2.20. The zero-order chi connectivity index (χ0) is 18.8. The van der Waals surface area contributed by atoms with E-state index in [2.05, 4.69) is 19.1 Å². The molecule has 0 aromatic rings. The van der Waals surface area contributed by atoms with Crippen molar-refractivity contribution >= 4 is 5.97 Å². The van der Waals surface area contributed by atoms with Crippen LogP contribution in [-0.4, -0.2) is 34.0 Å². The van der Waals surface area contributed by atoms with Crippen molar-refractivity contribution in [1.29, 1.82) is 0 Å². The van der Waals surface area contributed by atoms with E-state index in [0.717, 1.165) is 32.1 Å². The molecule has 0 amide bonds. The predicted molar refractivity (Wildman–Crippen MR) is 104 cm³/mol. The van der Waals surface area contributed by atoms with Gasteiger partial charge in [-0.3, -0.25) is 4.79 Å². The number of hydrogen-bond donors (Lipinski definition) is 3. The molecular formula is C21H40O4. The Balaban J connectivity index is 3.47. The van der Waals surface area contributed by atoms with E-state index in [1.807, 2.05) is 0 Å². The average Bonchev–Trinajstić information content (AvgIpc) is 2.60. The molecule has 0 rings (SSSR count). The Morgan fingerprint density at radius 3 is 1.92 bits per heavy atom. The maximum atomic E-state index is 11.1. The summed E-state index contributed by atoms with van der Waals surface area (Å²) >= 11 is 0. The highest BCUT2D eigenvalue weighted by molar-refractivity contribution is 5.69. The van der Waals surface area contributed by atoms with Gasteiger partial charge in [0, 0.05) is 0 Å². The van der Waals surface area contributed by atoms with Crippen molar-refractivity contribution in [2.45, 2.75) is 103 Å². The summed E-state index contributed by atoms with van der Waals surface area (Å²) in [4.78, 5) is 11.1. The summed E-state index contributed by atoms with van der Waals surface area (Å²) in [5.74, 6) is -1.41. The molecular weight excluding hydrogens is 316 g/mol. The molecule has 0 heterocycles. The highest BCUT2D eigenvalue weighted by atomic mass is 16.4. The van der Waals surface area contributed by atoms with E-state index < -0.39 is 18.0 Å². The number of carboxylic acid groups (broad SMARTS) is 1. The first-order valence-electron chi connectivity index (χ1n) is 10.3. The number of rotatable bonds is 18. The zero-order valence-corrected chi connectivity index (χ0v) is 16.2. The van der Waals surface area contributed by atoms with Crippen molar-refractivity contribution in [2.75, 3.05) is 6.61 Å². The molecule has 25 heavy (non-hydrogen) atoms. The van der Waals surface area contributed by atoms with Gasteiger partial charge in [0.1, 0.15) is 0 Å². The summed E-state index contributed by atoms with van der Waals surface area (Å²) in [6, 6.07) is 0. The molecule has 0 bridgehead atoms. The molecule has 3 N–H and O–H groups in total. The van der Waals surface area contributed by atoms with Gasteiger partial charge >= 0.3 is 5.97 Å². The summed E-state index contributed by atoms with van der Waals surface area (Å²) in [6.07, 6.45) is 19.0. The summed E-state index contributed by atoms with van der Waals surface area (Å²) in [5, 5.41) is 27.3. The highest BCUT2D eigenvalue weighted by Crippen LogP contribution is 2.17. The van der Waals surface area contributed by atoms with Crippen LogP contribution in [0.2, 0.25) is 0 Å². The number of aliphatic hydroxyl groups excluding tert-OH is 2. The number of carbonyl (C=O) groups is 1. The lowest BCUT2D eigenvalue weighted by atomic mass is 9.95. The van der Waals surface area contributed by atoms with Gasteiger partial charge in [0.2, 0.25) is 0 Å². The molecule has 0 saturated heterocycles. The third-order valence-electron chi connectivity index (χ3n) is 4.68. The summed E-state index contributed by atoms with van der Waals surface area (Å²) in [5.41, 5.74) is 0.